The zero-order chi connectivity index (χ0) is 19.6. The van der Waals surface area contributed by atoms with E-state index in [9.17, 15) is 9.59 Å². The van der Waals surface area contributed by atoms with E-state index in [-0.39, 0.29) is 12.5 Å². The van der Waals surface area contributed by atoms with Crippen molar-refractivity contribution in [1.29, 1.82) is 0 Å². The summed E-state index contributed by atoms with van der Waals surface area (Å²) in [4.78, 5) is 25.8. The average molecular weight is 388 g/mol. The fourth-order valence-electron chi connectivity index (χ4n) is 3.27. The minimum atomic E-state index is -0.396. The number of carbonyl (C=O) groups excluding carboxylic acids is 2. The normalized spacial score (nSPS) is 15.8. The molecule has 27 heavy (non-hydrogen) atoms. The molecule has 1 aromatic heterocycles. The molecule has 0 saturated heterocycles. The van der Waals surface area contributed by atoms with Crippen molar-refractivity contribution in [2.24, 2.45) is 5.92 Å². The van der Waals surface area contributed by atoms with E-state index < -0.39 is 5.97 Å². The number of fused-ring (bicyclic) bond motifs is 1. The minimum absolute atomic E-state index is 0.109. The van der Waals surface area contributed by atoms with Crippen LogP contribution in [0.5, 0.6) is 5.75 Å². The first kappa shape index (κ1) is 19.4. The molecule has 1 heterocycles. The van der Waals surface area contributed by atoms with Gasteiger partial charge in [-0.25, -0.2) is 4.79 Å². The number of methoxy groups -OCH3 is 1. The molecule has 5 nitrogen and oxygen atoms in total. The van der Waals surface area contributed by atoms with Crippen LogP contribution in [0.25, 0.3) is 0 Å². The Labute approximate surface area is 163 Å². The van der Waals surface area contributed by atoms with Crippen molar-refractivity contribution in [1.82, 2.24) is 0 Å². The van der Waals surface area contributed by atoms with E-state index in [0.717, 1.165) is 30.4 Å². The topological polar surface area (TPSA) is 64.6 Å². The van der Waals surface area contributed by atoms with Crippen LogP contribution in [0.1, 0.15) is 45.3 Å². The van der Waals surface area contributed by atoms with Crippen LogP contribution in [0.4, 0.5) is 5.00 Å². The van der Waals surface area contributed by atoms with Crippen molar-refractivity contribution < 1.29 is 19.1 Å². The van der Waals surface area contributed by atoms with Crippen molar-refractivity contribution in [2.75, 3.05) is 19.0 Å². The van der Waals surface area contributed by atoms with Crippen LogP contribution in [0.3, 0.4) is 0 Å². The van der Waals surface area contributed by atoms with Crippen molar-refractivity contribution in [2.45, 2.75) is 40.0 Å². The van der Waals surface area contributed by atoms with Gasteiger partial charge < -0.3 is 14.8 Å². The second-order valence-electron chi connectivity index (χ2n) is 7.13. The Kier molecular flexibility index (Phi) is 5.85. The second-order valence-corrected chi connectivity index (χ2v) is 8.24. The summed E-state index contributed by atoms with van der Waals surface area (Å²) in [5.41, 5.74) is 3.81. The first-order valence-corrected chi connectivity index (χ1v) is 9.93. The first-order valence-electron chi connectivity index (χ1n) is 9.11. The molecule has 144 valence electrons. The molecule has 0 spiro atoms. The van der Waals surface area contributed by atoms with Gasteiger partial charge in [0.15, 0.2) is 6.61 Å². The number of hydrogen-bond acceptors (Lipinski definition) is 5. The van der Waals surface area contributed by atoms with Gasteiger partial charge in [-0.15, -0.1) is 11.3 Å². The number of rotatable bonds is 5. The summed E-state index contributed by atoms with van der Waals surface area (Å²) in [6.07, 6.45) is 2.81. The lowest BCUT2D eigenvalue weighted by Crippen LogP contribution is -2.21. The molecule has 0 bridgehead atoms. The van der Waals surface area contributed by atoms with Crippen LogP contribution >= 0.6 is 11.3 Å². The largest absolute Gasteiger partial charge is 0.484 e. The molecule has 0 unspecified atom stereocenters. The van der Waals surface area contributed by atoms with Gasteiger partial charge in [0.25, 0.3) is 5.91 Å². The van der Waals surface area contributed by atoms with Crippen LogP contribution in [0.15, 0.2) is 18.2 Å². The molecule has 1 aromatic carbocycles. The maximum Gasteiger partial charge on any atom is 0.341 e. The Morgan fingerprint density at radius 1 is 1.26 bits per heavy atom. The molecule has 0 saturated carbocycles. The SMILES string of the molecule is COC(=O)c1c(NC(=O)COc2ccc(C)c(C)c2)sc2c1CC[C@H](C)C2. The average Bonchev–Trinajstić information content (AvgIpc) is 2.98. The summed E-state index contributed by atoms with van der Waals surface area (Å²) in [6, 6.07) is 5.72. The first-order chi connectivity index (χ1) is 12.9. The number of aryl methyl sites for hydroxylation is 2. The smallest absolute Gasteiger partial charge is 0.341 e. The lowest BCUT2D eigenvalue weighted by atomic mass is 9.88. The maximum atomic E-state index is 12.4. The number of nitrogens with one attached hydrogen (secondary N) is 1. The summed E-state index contributed by atoms with van der Waals surface area (Å²) in [5.74, 6) is 0.552. The third kappa shape index (κ3) is 4.33. The monoisotopic (exact) mass is 387 g/mol. The number of anilines is 1. The quantitative estimate of drug-likeness (QED) is 0.777. The summed E-state index contributed by atoms with van der Waals surface area (Å²) in [7, 11) is 1.37. The van der Waals surface area contributed by atoms with Crippen molar-refractivity contribution in [3.05, 3.63) is 45.3 Å². The predicted octanol–water partition coefficient (Wildman–Crippen LogP) is 4.29. The van der Waals surface area contributed by atoms with E-state index in [1.165, 1.54) is 28.9 Å². The molecule has 6 heteroatoms. The van der Waals surface area contributed by atoms with Gasteiger partial charge in [0.1, 0.15) is 10.8 Å². The number of benzene rings is 1. The highest BCUT2D eigenvalue weighted by atomic mass is 32.1. The van der Waals surface area contributed by atoms with Gasteiger partial charge in [-0.3, -0.25) is 4.79 Å². The van der Waals surface area contributed by atoms with E-state index in [0.29, 0.717) is 22.2 Å². The number of thiophene rings is 1. The maximum absolute atomic E-state index is 12.4. The molecule has 1 aliphatic rings. The molecule has 1 atom stereocenters. The standard InChI is InChI=1S/C21H25NO4S/c1-12-5-8-16-17(9-12)27-20(19(16)21(24)25-4)22-18(23)11-26-15-7-6-13(2)14(3)10-15/h6-7,10,12H,5,8-9,11H2,1-4H3,(H,22,23)/t12-/m0/s1. The number of amides is 1. The molecule has 3 rings (SSSR count). The van der Waals surface area contributed by atoms with E-state index >= 15 is 0 Å². The molecular weight excluding hydrogens is 362 g/mol. The Bertz CT molecular complexity index is 871. The van der Waals surface area contributed by atoms with Gasteiger partial charge in [-0.2, -0.15) is 0 Å². The summed E-state index contributed by atoms with van der Waals surface area (Å²) in [6.45, 7) is 6.12. The highest BCUT2D eigenvalue weighted by Crippen LogP contribution is 2.40. The Hall–Kier alpha value is -2.34. The zero-order valence-electron chi connectivity index (χ0n) is 16.2. The van der Waals surface area contributed by atoms with Gasteiger partial charge >= 0.3 is 5.97 Å². The zero-order valence-corrected chi connectivity index (χ0v) is 17.0. The molecule has 0 fully saturated rings. The summed E-state index contributed by atoms with van der Waals surface area (Å²) in [5, 5.41) is 3.41. The van der Waals surface area contributed by atoms with Crippen LogP contribution in [-0.2, 0) is 22.4 Å². The lowest BCUT2D eigenvalue weighted by Gasteiger charge is -2.18. The molecule has 1 N–H and O–H groups in total. The Balaban J connectivity index is 1.73. The van der Waals surface area contributed by atoms with Crippen LogP contribution in [0.2, 0.25) is 0 Å². The molecule has 1 amide bonds. The van der Waals surface area contributed by atoms with Gasteiger partial charge in [-0.05, 0) is 67.9 Å². The van der Waals surface area contributed by atoms with Crippen LogP contribution in [0, 0.1) is 19.8 Å². The van der Waals surface area contributed by atoms with E-state index in [4.69, 9.17) is 9.47 Å². The molecule has 0 aliphatic heterocycles. The summed E-state index contributed by atoms with van der Waals surface area (Å²) >= 11 is 1.48. The van der Waals surface area contributed by atoms with Crippen LogP contribution < -0.4 is 10.1 Å². The molecule has 2 aromatic rings. The predicted molar refractivity (Wildman–Crippen MR) is 107 cm³/mol. The second kappa shape index (κ2) is 8.13. The van der Waals surface area contributed by atoms with E-state index in [1.54, 1.807) is 0 Å². The van der Waals surface area contributed by atoms with Crippen molar-refractivity contribution >= 4 is 28.2 Å². The third-order valence-corrected chi connectivity index (χ3v) is 6.17. The third-order valence-electron chi connectivity index (χ3n) is 5.00. The fourth-order valence-corrected chi connectivity index (χ4v) is 4.69. The number of esters is 1. The van der Waals surface area contributed by atoms with E-state index in [2.05, 4.69) is 12.2 Å². The van der Waals surface area contributed by atoms with E-state index in [1.807, 2.05) is 32.0 Å². The molecular formula is C21H25NO4S. The Morgan fingerprint density at radius 3 is 2.74 bits per heavy atom. The van der Waals surface area contributed by atoms with Gasteiger partial charge in [0.2, 0.25) is 0 Å². The molecule has 0 radical (unpaired) electrons. The fraction of sp³-hybridized carbons (Fsp3) is 0.429. The lowest BCUT2D eigenvalue weighted by molar-refractivity contribution is -0.118. The molecule has 1 aliphatic carbocycles. The highest BCUT2D eigenvalue weighted by Gasteiger charge is 2.28. The Morgan fingerprint density at radius 2 is 2.04 bits per heavy atom. The van der Waals surface area contributed by atoms with Crippen molar-refractivity contribution in [3.8, 4) is 5.75 Å². The number of carbonyl (C=O) groups is 2. The number of hydrogen-bond donors (Lipinski definition) is 1. The van der Waals surface area contributed by atoms with Gasteiger partial charge in [-0.1, -0.05) is 13.0 Å². The van der Waals surface area contributed by atoms with Crippen LogP contribution in [-0.4, -0.2) is 25.6 Å². The number of ether oxygens (including phenoxy) is 2. The summed E-state index contributed by atoms with van der Waals surface area (Å²) < 4.78 is 10.5. The van der Waals surface area contributed by atoms with Crippen molar-refractivity contribution in [3.63, 3.8) is 0 Å². The van der Waals surface area contributed by atoms with Gasteiger partial charge in [0.05, 0.1) is 12.7 Å². The minimum Gasteiger partial charge on any atom is -0.484 e. The highest BCUT2D eigenvalue weighted by molar-refractivity contribution is 7.17. The van der Waals surface area contributed by atoms with Gasteiger partial charge in [0, 0.05) is 4.88 Å².